The molecule has 1 aromatic rings. The number of guanidine groups is 1. The third-order valence-electron chi connectivity index (χ3n) is 5.17. The maximum absolute atomic E-state index is 12.4. The van der Waals surface area contributed by atoms with Crippen LogP contribution in [0.25, 0.3) is 0 Å². The molecule has 1 aliphatic rings. The van der Waals surface area contributed by atoms with Crippen LogP contribution in [-0.2, 0) is 11.3 Å². The van der Waals surface area contributed by atoms with Crippen molar-refractivity contribution in [3.05, 3.63) is 23.9 Å². The molecule has 1 aliphatic carbocycles. The van der Waals surface area contributed by atoms with Gasteiger partial charge in [0.2, 0.25) is 5.88 Å². The van der Waals surface area contributed by atoms with Crippen LogP contribution >= 0.6 is 24.0 Å². The van der Waals surface area contributed by atoms with Crippen molar-refractivity contribution < 1.29 is 22.6 Å². The van der Waals surface area contributed by atoms with Crippen molar-refractivity contribution in [1.29, 1.82) is 0 Å². The van der Waals surface area contributed by atoms with Crippen LogP contribution in [0.4, 0.5) is 13.2 Å². The van der Waals surface area contributed by atoms with Gasteiger partial charge in [0, 0.05) is 45.1 Å². The lowest BCUT2D eigenvalue weighted by atomic mass is 9.83. The second-order valence-electron chi connectivity index (χ2n) is 7.30. The molecule has 0 bridgehead atoms. The zero-order chi connectivity index (χ0) is 21.2. The molecule has 0 saturated heterocycles. The first-order chi connectivity index (χ1) is 13.9. The Balaban J connectivity index is 0.00000450. The van der Waals surface area contributed by atoms with E-state index in [0.717, 1.165) is 39.0 Å². The average Bonchev–Trinajstić information content (AvgIpc) is 3.16. The number of hydrogen-bond acceptors (Lipinski definition) is 4. The van der Waals surface area contributed by atoms with Gasteiger partial charge in [-0.05, 0) is 37.7 Å². The van der Waals surface area contributed by atoms with Crippen molar-refractivity contribution in [3.8, 4) is 5.88 Å². The van der Waals surface area contributed by atoms with Gasteiger partial charge >= 0.3 is 6.18 Å². The summed E-state index contributed by atoms with van der Waals surface area (Å²) in [5, 5.41) is 6.51. The average molecular weight is 544 g/mol. The van der Waals surface area contributed by atoms with Crippen molar-refractivity contribution >= 4 is 29.9 Å². The van der Waals surface area contributed by atoms with E-state index in [4.69, 9.17) is 9.47 Å². The Labute approximate surface area is 193 Å². The van der Waals surface area contributed by atoms with Crippen LogP contribution in [0.15, 0.2) is 23.3 Å². The summed E-state index contributed by atoms with van der Waals surface area (Å²) in [6.07, 6.45) is 2.75. The monoisotopic (exact) mass is 544 g/mol. The maximum atomic E-state index is 12.4. The summed E-state index contributed by atoms with van der Waals surface area (Å²) in [5.41, 5.74) is 0.730. The molecule has 0 radical (unpaired) electrons. The van der Waals surface area contributed by atoms with Crippen molar-refractivity contribution in [2.75, 3.05) is 33.4 Å². The van der Waals surface area contributed by atoms with Crippen LogP contribution in [0.5, 0.6) is 5.88 Å². The molecule has 0 spiro atoms. The molecular weight excluding hydrogens is 512 g/mol. The van der Waals surface area contributed by atoms with Gasteiger partial charge in [-0.15, -0.1) is 24.0 Å². The second kappa shape index (κ2) is 13.2. The smallest absolute Gasteiger partial charge is 0.422 e. The van der Waals surface area contributed by atoms with Crippen molar-refractivity contribution in [2.24, 2.45) is 10.4 Å². The van der Waals surface area contributed by atoms with E-state index in [1.54, 1.807) is 19.2 Å². The SMILES string of the molecule is CCOCCC1(CNC(=NC)NCc2cccnc2OCC(F)(F)F)CCCC1.I. The van der Waals surface area contributed by atoms with Crippen molar-refractivity contribution in [2.45, 2.75) is 51.7 Å². The number of hydrogen-bond donors (Lipinski definition) is 2. The van der Waals surface area contributed by atoms with Gasteiger partial charge in [0.05, 0.1) is 0 Å². The van der Waals surface area contributed by atoms with Crippen LogP contribution in [0.3, 0.4) is 0 Å². The van der Waals surface area contributed by atoms with Crippen molar-refractivity contribution in [1.82, 2.24) is 15.6 Å². The molecule has 1 saturated carbocycles. The molecule has 0 atom stereocenters. The minimum atomic E-state index is -4.41. The molecule has 10 heteroatoms. The van der Waals surface area contributed by atoms with Gasteiger partial charge < -0.3 is 20.1 Å². The first-order valence-corrected chi connectivity index (χ1v) is 10.0. The van der Waals surface area contributed by atoms with Gasteiger partial charge in [-0.25, -0.2) is 4.98 Å². The fourth-order valence-electron chi connectivity index (χ4n) is 3.58. The van der Waals surface area contributed by atoms with Crippen LogP contribution < -0.4 is 15.4 Å². The molecule has 6 nitrogen and oxygen atoms in total. The van der Waals surface area contributed by atoms with Gasteiger partial charge in [0.15, 0.2) is 12.6 Å². The van der Waals surface area contributed by atoms with Crippen LogP contribution in [0.1, 0.15) is 44.6 Å². The molecule has 2 rings (SSSR count). The summed E-state index contributed by atoms with van der Waals surface area (Å²) in [4.78, 5) is 8.14. The number of aliphatic imine (C=N–C) groups is 1. The highest BCUT2D eigenvalue weighted by Crippen LogP contribution is 2.40. The zero-order valence-corrected chi connectivity index (χ0v) is 19.9. The molecule has 1 aromatic heterocycles. The molecule has 0 aromatic carbocycles. The highest BCUT2D eigenvalue weighted by atomic mass is 127. The third kappa shape index (κ3) is 9.23. The van der Waals surface area contributed by atoms with E-state index in [1.165, 1.54) is 19.0 Å². The summed E-state index contributed by atoms with van der Waals surface area (Å²) in [6, 6.07) is 3.34. The molecule has 0 unspecified atom stereocenters. The number of rotatable bonds is 10. The van der Waals surface area contributed by atoms with E-state index in [2.05, 4.69) is 20.6 Å². The topological polar surface area (TPSA) is 67.8 Å². The van der Waals surface area contributed by atoms with Gasteiger partial charge in [0.25, 0.3) is 0 Å². The normalized spacial score (nSPS) is 16.1. The first-order valence-electron chi connectivity index (χ1n) is 10.0. The highest BCUT2D eigenvalue weighted by Gasteiger charge is 2.33. The van der Waals surface area contributed by atoms with Crippen LogP contribution in [-0.4, -0.2) is 50.5 Å². The van der Waals surface area contributed by atoms with Gasteiger partial charge in [-0.2, -0.15) is 13.2 Å². The largest absolute Gasteiger partial charge is 0.468 e. The Bertz CT molecular complexity index is 653. The summed E-state index contributed by atoms with van der Waals surface area (Å²) in [6.45, 7) is 3.13. The maximum Gasteiger partial charge on any atom is 0.422 e. The number of pyridine rings is 1. The van der Waals surface area contributed by atoms with E-state index in [1.807, 2.05) is 6.92 Å². The molecule has 0 aliphatic heterocycles. The summed E-state index contributed by atoms with van der Waals surface area (Å²) < 4.78 is 47.7. The lowest BCUT2D eigenvalue weighted by Crippen LogP contribution is -2.43. The van der Waals surface area contributed by atoms with Gasteiger partial charge in [0.1, 0.15) is 0 Å². The summed E-state index contributed by atoms with van der Waals surface area (Å²) >= 11 is 0. The summed E-state index contributed by atoms with van der Waals surface area (Å²) in [7, 11) is 1.67. The summed E-state index contributed by atoms with van der Waals surface area (Å²) in [5.74, 6) is 0.565. The number of aromatic nitrogens is 1. The molecule has 1 fully saturated rings. The number of halogens is 4. The lowest BCUT2D eigenvalue weighted by Gasteiger charge is -2.30. The fraction of sp³-hybridized carbons (Fsp3) is 0.700. The quantitative estimate of drug-likeness (QED) is 0.199. The molecular formula is C20H32F3IN4O2. The van der Waals surface area contributed by atoms with E-state index < -0.39 is 12.8 Å². The molecule has 0 amide bonds. The number of nitrogens with zero attached hydrogens (tertiary/aromatic N) is 2. The zero-order valence-electron chi connectivity index (χ0n) is 17.6. The molecule has 2 N–H and O–H groups in total. The Kier molecular flexibility index (Phi) is 11.7. The van der Waals surface area contributed by atoms with E-state index in [-0.39, 0.29) is 41.8 Å². The minimum absolute atomic E-state index is 0. The van der Waals surface area contributed by atoms with Crippen LogP contribution in [0.2, 0.25) is 0 Å². The molecule has 1 heterocycles. The Morgan fingerprint density at radius 1 is 1.27 bits per heavy atom. The van der Waals surface area contributed by atoms with E-state index in [0.29, 0.717) is 11.5 Å². The van der Waals surface area contributed by atoms with E-state index >= 15 is 0 Å². The number of alkyl halides is 3. The predicted molar refractivity (Wildman–Crippen MR) is 121 cm³/mol. The predicted octanol–water partition coefficient (Wildman–Crippen LogP) is 4.29. The fourth-order valence-corrected chi connectivity index (χ4v) is 3.58. The molecule has 172 valence electrons. The van der Waals surface area contributed by atoms with E-state index in [9.17, 15) is 13.2 Å². The van der Waals surface area contributed by atoms with Crippen molar-refractivity contribution in [3.63, 3.8) is 0 Å². The number of nitrogens with one attached hydrogen (secondary N) is 2. The third-order valence-corrected chi connectivity index (χ3v) is 5.17. The minimum Gasteiger partial charge on any atom is -0.468 e. The van der Waals surface area contributed by atoms with Gasteiger partial charge in [-0.1, -0.05) is 18.9 Å². The second-order valence-corrected chi connectivity index (χ2v) is 7.30. The Morgan fingerprint density at radius 3 is 2.63 bits per heavy atom. The number of ether oxygens (including phenoxy) is 2. The first kappa shape index (κ1) is 26.7. The lowest BCUT2D eigenvalue weighted by molar-refractivity contribution is -0.154. The Morgan fingerprint density at radius 2 is 2.00 bits per heavy atom. The Hall–Kier alpha value is -1.30. The van der Waals surface area contributed by atoms with Crippen LogP contribution in [0, 0.1) is 5.41 Å². The van der Waals surface area contributed by atoms with Gasteiger partial charge in [-0.3, -0.25) is 4.99 Å². The highest BCUT2D eigenvalue weighted by molar-refractivity contribution is 14.0. The standard InChI is InChI=1S/C20H31F3N4O2.HI/c1-3-28-12-10-19(8-4-5-9-19)14-27-18(24-2)26-13-16-7-6-11-25-17(16)29-15-20(21,22)23;/h6-7,11H,3-5,8-10,12-15H2,1-2H3,(H2,24,26,27);1H. The molecule has 30 heavy (non-hydrogen) atoms.